The van der Waals surface area contributed by atoms with Crippen molar-refractivity contribution in [1.82, 2.24) is 4.98 Å². The first kappa shape index (κ1) is 8.10. The molecular formula is C10H11N3. The van der Waals surface area contributed by atoms with Crippen LogP contribution in [-0.2, 0) is 0 Å². The smallest absolute Gasteiger partial charge is 0.152 e. The zero-order valence-corrected chi connectivity index (χ0v) is 7.33. The van der Waals surface area contributed by atoms with Crippen molar-refractivity contribution in [3.05, 3.63) is 29.6 Å². The normalized spacial score (nSPS) is 15.4. The van der Waals surface area contributed by atoms with Gasteiger partial charge in [-0.2, -0.15) is 0 Å². The van der Waals surface area contributed by atoms with Crippen LogP contribution in [0.3, 0.4) is 0 Å². The number of nitrogens with zero attached hydrogens (tertiary/aromatic N) is 2. The van der Waals surface area contributed by atoms with Crippen molar-refractivity contribution < 1.29 is 0 Å². The van der Waals surface area contributed by atoms with Gasteiger partial charge in [-0.1, -0.05) is 0 Å². The number of amidine groups is 1. The molecule has 1 aliphatic carbocycles. The average molecular weight is 173 g/mol. The van der Waals surface area contributed by atoms with Crippen molar-refractivity contribution in [2.75, 3.05) is 0 Å². The lowest BCUT2D eigenvalue weighted by Gasteiger charge is -2.00. The summed E-state index contributed by atoms with van der Waals surface area (Å²) in [6.07, 6.45) is 6.03. The second kappa shape index (κ2) is 3.09. The van der Waals surface area contributed by atoms with Crippen molar-refractivity contribution in [3.63, 3.8) is 0 Å². The molecule has 0 bridgehead atoms. The van der Waals surface area contributed by atoms with Gasteiger partial charge in [-0.15, -0.1) is 0 Å². The van der Waals surface area contributed by atoms with Gasteiger partial charge in [-0.25, -0.2) is 4.99 Å². The fourth-order valence-corrected chi connectivity index (χ4v) is 1.32. The van der Waals surface area contributed by atoms with Gasteiger partial charge in [-0.05, 0) is 37.1 Å². The summed E-state index contributed by atoms with van der Waals surface area (Å²) in [7, 11) is 0. The summed E-state index contributed by atoms with van der Waals surface area (Å²) < 4.78 is 0. The van der Waals surface area contributed by atoms with Crippen LogP contribution in [0.25, 0.3) is 0 Å². The fourth-order valence-electron chi connectivity index (χ4n) is 1.32. The molecule has 1 saturated carbocycles. The van der Waals surface area contributed by atoms with Gasteiger partial charge in [0.2, 0.25) is 0 Å². The minimum atomic E-state index is 0.204. The van der Waals surface area contributed by atoms with Gasteiger partial charge in [0.15, 0.2) is 5.84 Å². The van der Waals surface area contributed by atoms with Crippen LogP contribution in [-0.4, -0.2) is 17.5 Å². The molecule has 0 atom stereocenters. The zero-order valence-electron chi connectivity index (χ0n) is 7.33. The zero-order chi connectivity index (χ0) is 9.26. The summed E-state index contributed by atoms with van der Waals surface area (Å²) in [4.78, 5) is 7.66. The highest BCUT2D eigenvalue weighted by molar-refractivity contribution is 5.98. The largest absolute Gasteiger partial charge is 0.282 e. The lowest BCUT2D eigenvalue weighted by Crippen LogP contribution is -1.96. The minimum absolute atomic E-state index is 0.204. The summed E-state index contributed by atoms with van der Waals surface area (Å²) in [5, 5.41) is 7.47. The van der Waals surface area contributed by atoms with E-state index in [1.807, 2.05) is 12.3 Å². The Balaban J connectivity index is 2.31. The third-order valence-corrected chi connectivity index (χ3v) is 2.24. The third-order valence-electron chi connectivity index (χ3n) is 2.24. The molecule has 13 heavy (non-hydrogen) atoms. The Morgan fingerprint density at radius 2 is 2.31 bits per heavy atom. The molecule has 0 amide bonds. The highest BCUT2D eigenvalue weighted by Crippen LogP contribution is 2.39. The molecule has 2 rings (SSSR count). The van der Waals surface area contributed by atoms with E-state index < -0.39 is 0 Å². The SMILES string of the molecule is C=NC(=N)c1cncc(C2CC2)c1. The Kier molecular flexibility index (Phi) is 1.93. The molecule has 0 saturated heterocycles. The Morgan fingerprint density at radius 3 is 2.92 bits per heavy atom. The number of pyridine rings is 1. The van der Waals surface area contributed by atoms with E-state index in [1.54, 1.807) is 6.20 Å². The number of aliphatic imine (C=N–C) groups is 1. The Bertz CT molecular complexity index is 353. The molecule has 1 aliphatic rings. The van der Waals surface area contributed by atoms with Crippen LogP contribution in [0.2, 0.25) is 0 Å². The Morgan fingerprint density at radius 1 is 1.54 bits per heavy atom. The second-order valence-corrected chi connectivity index (χ2v) is 3.29. The average Bonchev–Trinajstić information content (AvgIpc) is 3.00. The van der Waals surface area contributed by atoms with Crippen LogP contribution in [0.5, 0.6) is 0 Å². The van der Waals surface area contributed by atoms with Gasteiger partial charge in [0.25, 0.3) is 0 Å². The van der Waals surface area contributed by atoms with Crippen molar-refractivity contribution >= 4 is 12.6 Å². The maximum Gasteiger partial charge on any atom is 0.152 e. The molecule has 1 fully saturated rings. The first-order chi connectivity index (χ1) is 6.31. The van der Waals surface area contributed by atoms with E-state index in [0.717, 1.165) is 5.56 Å². The molecule has 0 aromatic carbocycles. The molecule has 66 valence electrons. The van der Waals surface area contributed by atoms with Gasteiger partial charge in [0.1, 0.15) is 0 Å². The summed E-state index contributed by atoms with van der Waals surface area (Å²) in [6, 6.07) is 1.99. The Labute approximate surface area is 77.1 Å². The van der Waals surface area contributed by atoms with E-state index in [0.29, 0.717) is 5.92 Å². The number of hydrogen-bond acceptors (Lipinski definition) is 2. The van der Waals surface area contributed by atoms with Crippen LogP contribution < -0.4 is 0 Å². The molecule has 1 aromatic rings. The lowest BCUT2D eigenvalue weighted by atomic mass is 10.1. The highest BCUT2D eigenvalue weighted by atomic mass is 14.8. The van der Waals surface area contributed by atoms with Gasteiger partial charge in [0, 0.05) is 18.0 Å². The van der Waals surface area contributed by atoms with Crippen molar-refractivity contribution in [2.24, 2.45) is 4.99 Å². The lowest BCUT2D eigenvalue weighted by molar-refractivity contribution is 1.09. The van der Waals surface area contributed by atoms with Crippen LogP contribution in [0.15, 0.2) is 23.5 Å². The molecule has 0 unspecified atom stereocenters. The highest BCUT2D eigenvalue weighted by Gasteiger charge is 2.23. The molecule has 1 N–H and O–H groups in total. The maximum absolute atomic E-state index is 7.47. The molecule has 1 heterocycles. The summed E-state index contributed by atoms with van der Waals surface area (Å²) in [5.41, 5.74) is 1.99. The number of rotatable bonds is 2. The number of aromatic nitrogens is 1. The molecule has 3 heteroatoms. The molecule has 0 spiro atoms. The maximum atomic E-state index is 7.47. The predicted octanol–water partition coefficient (Wildman–Crippen LogP) is 1.98. The summed E-state index contributed by atoms with van der Waals surface area (Å²) >= 11 is 0. The van der Waals surface area contributed by atoms with Crippen molar-refractivity contribution in [3.8, 4) is 0 Å². The van der Waals surface area contributed by atoms with Crippen LogP contribution in [0.1, 0.15) is 29.9 Å². The minimum Gasteiger partial charge on any atom is -0.282 e. The Hall–Kier alpha value is -1.51. The van der Waals surface area contributed by atoms with Gasteiger partial charge < -0.3 is 0 Å². The van der Waals surface area contributed by atoms with E-state index in [2.05, 4.69) is 16.7 Å². The van der Waals surface area contributed by atoms with E-state index in [-0.39, 0.29) is 5.84 Å². The van der Waals surface area contributed by atoms with E-state index in [1.165, 1.54) is 18.4 Å². The van der Waals surface area contributed by atoms with Crippen LogP contribution >= 0.6 is 0 Å². The van der Waals surface area contributed by atoms with E-state index in [9.17, 15) is 0 Å². The van der Waals surface area contributed by atoms with Crippen molar-refractivity contribution in [2.45, 2.75) is 18.8 Å². The molecule has 3 nitrogen and oxygen atoms in total. The number of hydrogen-bond donors (Lipinski definition) is 1. The predicted molar refractivity (Wildman–Crippen MR) is 52.6 cm³/mol. The third kappa shape index (κ3) is 1.64. The molecule has 0 aliphatic heterocycles. The standard InChI is InChI=1S/C10H11N3/c1-12-10(11)9-4-8(5-13-6-9)7-2-3-7/h4-7,11H,1-3H2. The molecular weight excluding hydrogens is 162 g/mol. The second-order valence-electron chi connectivity index (χ2n) is 3.29. The summed E-state index contributed by atoms with van der Waals surface area (Å²) in [5.74, 6) is 0.875. The summed E-state index contributed by atoms with van der Waals surface area (Å²) in [6.45, 7) is 3.32. The van der Waals surface area contributed by atoms with Gasteiger partial charge in [-0.3, -0.25) is 10.4 Å². The van der Waals surface area contributed by atoms with E-state index in [4.69, 9.17) is 5.41 Å². The first-order valence-electron chi connectivity index (χ1n) is 4.32. The van der Waals surface area contributed by atoms with Gasteiger partial charge in [0.05, 0.1) is 0 Å². The first-order valence-corrected chi connectivity index (χ1v) is 4.32. The van der Waals surface area contributed by atoms with Crippen LogP contribution in [0.4, 0.5) is 0 Å². The topological polar surface area (TPSA) is 49.1 Å². The molecule has 1 aromatic heterocycles. The molecule has 0 radical (unpaired) electrons. The van der Waals surface area contributed by atoms with E-state index >= 15 is 0 Å². The number of nitrogens with one attached hydrogen (secondary N) is 1. The van der Waals surface area contributed by atoms with Crippen LogP contribution in [0, 0.1) is 5.41 Å². The quantitative estimate of drug-likeness (QED) is 0.539. The van der Waals surface area contributed by atoms with Gasteiger partial charge >= 0.3 is 0 Å². The fraction of sp³-hybridized carbons (Fsp3) is 0.300. The van der Waals surface area contributed by atoms with Crippen molar-refractivity contribution in [1.29, 1.82) is 5.41 Å². The monoisotopic (exact) mass is 173 g/mol.